The third-order valence-electron chi connectivity index (χ3n) is 6.19. The number of alkyl halides is 3. The Balaban J connectivity index is 1.85. The van der Waals surface area contributed by atoms with E-state index in [0.29, 0.717) is 37.5 Å². The van der Waals surface area contributed by atoms with Crippen LogP contribution < -0.4 is 14.4 Å². The standard InChI is InChI=1S/C23H27Cl3N2O7/c1-13-7-8-27-19(13)21(35-18-6-4-5-9-33-18)28(22(30)34-12-23(24,25)26)15-11-17(32-3)16(31-2)10-14(15)20(27)29/h10-11,18-19,21H,1,4-9,12H2,2-3H3/t18?,19-,21?/m0/s1. The molecule has 2 fully saturated rings. The smallest absolute Gasteiger partial charge is 0.416 e. The van der Waals surface area contributed by atoms with E-state index in [1.165, 1.54) is 31.3 Å². The van der Waals surface area contributed by atoms with E-state index in [-0.39, 0.29) is 17.2 Å². The highest BCUT2D eigenvalue weighted by molar-refractivity contribution is 6.67. The van der Waals surface area contributed by atoms with E-state index in [0.717, 1.165) is 18.4 Å². The Kier molecular flexibility index (Phi) is 7.92. The Hall–Kier alpha value is -1.91. The molecule has 12 heteroatoms. The number of methoxy groups -OCH3 is 2. The first-order valence-electron chi connectivity index (χ1n) is 11.2. The lowest BCUT2D eigenvalue weighted by Crippen LogP contribution is -2.54. The second kappa shape index (κ2) is 10.6. The second-order valence-electron chi connectivity index (χ2n) is 8.44. The normalized spacial score (nSPS) is 24.5. The van der Waals surface area contributed by atoms with E-state index < -0.39 is 35.1 Å². The lowest BCUT2D eigenvalue weighted by atomic mass is 10.1. The Morgan fingerprint density at radius 2 is 1.91 bits per heavy atom. The van der Waals surface area contributed by atoms with Gasteiger partial charge < -0.3 is 28.6 Å². The Bertz CT molecular complexity index is 994. The molecule has 0 aliphatic carbocycles. The maximum atomic E-state index is 13.7. The van der Waals surface area contributed by atoms with Crippen LogP contribution in [0.2, 0.25) is 0 Å². The number of carbonyl (C=O) groups excluding carboxylic acids is 2. The second-order valence-corrected chi connectivity index (χ2v) is 11.0. The van der Waals surface area contributed by atoms with Crippen LogP contribution in [0.4, 0.5) is 10.5 Å². The molecule has 1 aromatic rings. The minimum Gasteiger partial charge on any atom is -0.493 e. The molecular weight excluding hydrogens is 523 g/mol. The van der Waals surface area contributed by atoms with Gasteiger partial charge in [-0.2, -0.15) is 0 Å². The van der Waals surface area contributed by atoms with Crippen LogP contribution in [0.15, 0.2) is 24.3 Å². The van der Waals surface area contributed by atoms with Crippen molar-refractivity contribution in [1.29, 1.82) is 0 Å². The number of carbonyl (C=O) groups is 2. The van der Waals surface area contributed by atoms with Crippen molar-refractivity contribution in [2.45, 2.75) is 48.0 Å². The number of amides is 2. The monoisotopic (exact) mass is 548 g/mol. The fourth-order valence-electron chi connectivity index (χ4n) is 4.55. The largest absolute Gasteiger partial charge is 0.493 e. The molecule has 4 rings (SSSR count). The lowest BCUT2D eigenvalue weighted by Gasteiger charge is -2.38. The van der Waals surface area contributed by atoms with Crippen LogP contribution >= 0.6 is 34.8 Å². The first-order chi connectivity index (χ1) is 16.6. The van der Waals surface area contributed by atoms with Crippen LogP contribution in [0.5, 0.6) is 11.5 Å². The van der Waals surface area contributed by atoms with E-state index in [2.05, 4.69) is 6.58 Å². The highest BCUT2D eigenvalue weighted by Crippen LogP contribution is 2.43. The summed E-state index contributed by atoms with van der Waals surface area (Å²) in [5, 5.41) is 0. The molecule has 2 saturated heterocycles. The third kappa shape index (κ3) is 5.44. The van der Waals surface area contributed by atoms with Crippen molar-refractivity contribution >= 4 is 52.5 Å². The summed E-state index contributed by atoms with van der Waals surface area (Å²) in [7, 11) is 2.92. The van der Waals surface area contributed by atoms with Gasteiger partial charge in [-0.1, -0.05) is 41.4 Å². The summed E-state index contributed by atoms with van der Waals surface area (Å²) in [4.78, 5) is 30.2. The summed E-state index contributed by atoms with van der Waals surface area (Å²) in [6.07, 6.45) is 0.579. The van der Waals surface area contributed by atoms with Crippen LogP contribution in [0.25, 0.3) is 0 Å². The molecule has 0 N–H and O–H groups in total. The lowest BCUT2D eigenvalue weighted by molar-refractivity contribution is -0.193. The van der Waals surface area contributed by atoms with Gasteiger partial charge in [0, 0.05) is 19.2 Å². The van der Waals surface area contributed by atoms with Gasteiger partial charge in [0.1, 0.15) is 6.61 Å². The molecule has 9 nitrogen and oxygen atoms in total. The highest BCUT2D eigenvalue weighted by Gasteiger charge is 2.49. The van der Waals surface area contributed by atoms with Crippen LogP contribution in [0, 0.1) is 0 Å². The topological polar surface area (TPSA) is 86.8 Å². The van der Waals surface area contributed by atoms with Crippen LogP contribution in [-0.2, 0) is 14.2 Å². The van der Waals surface area contributed by atoms with Crippen LogP contribution in [0.1, 0.15) is 36.0 Å². The zero-order chi connectivity index (χ0) is 25.3. The van der Waals surface area contributed by atoms with E-state index in [1.807, 2.05) is 0 Å². The average Bonchev–Trinajstić information content (AvgIpc) is 3.18. The zero-order valence-electron chi connectivity index (χ0n) is 19.4. The van der Waals surface area contributed by atoms with Crippen molar-refractivity contribution in [3.05, 3.63) is 29.8 Å². The summed E-state index contributed by atoms with van der Waals surface area (Å²) < 4.78 is 26.6. The molecule has 35 heavy (non-hydrogen) atoms. The molecule has 0 aromatic heterocycles. The fraction of sp³-hybridized carbons (Fsp3) is 0.565. The van der Waals surface area contributed by atoms with Crippen molar-refractivity contribution in [3.8, 4) is 11.5 Å². The molecule has 1 aromatic carbocycles. The van der Waals surface area contributed by atoms with E-state index in [4.69, 9.17) is 58.5 Å². The van der Waals surface area contributed by atoms with Crippen molar-refractivity contribution in [1.82, 2.24) is 4.90 Å². The molecule has 3 heterocycles. The molecule has 0 spiro atoms. The maximum Gasteiger partial charge on any atom is 0.416 e. The number of anilines is 1. The summed E-state index contributed by atoms with van der Waals surface area (Å²) in [6.45, 7) is 4.60. The summed E-state index contributed by atoms with van der Waals surface area (Å²) in [5.74, 6) is 0.338. The van der Waals surface area contributed by atoms with Crippen molar-refractivity contribution in [2.75, 3.05) is 38.9 Å². The predicted molar refractivity (Wildman–Crippen MR) is 131 cm³/mol. The van der Waals surface area contributed by atoms with Gasteiger partial charge in [-0.3, -0.25) is 4.79 Å². The van der Waals surface area contributed by atoms with Gasteiger partial charge in [0.2, 0.25) is 3.79 Å². The first-order valence-corrected chi connectivity index (χ1v) is 12.3. The fourth-order valence-corrected chi connectivity index (χ4v) is 4.72. The molecule has 0 saturated carbocycles. The molecule has 3 atom stereocenters. The number of nitrogens with zero attached hydrogens (tertiary/aromatic N) is 2. The number of hydrogen-bond acceptors (Lipinski definition) is 7. The molecule has 0 radical (unpaired) electrons. The Labute approximate surface area is 218 Å². The van der Waals surface area contributed by atoms with E-state index in [1.54, 1.807) is 4.90 Å². The Morgan fingerprint density at radius 3 is 2.54 bits per heavy atom. The summed E-state index contributed by atoms with van der Waals surface area (Å²) in [6, 6.07) is 2.42. The van der Waals surface area contributed by atoms with Gasteiger partial charge in [-0.25, -0.2) is 9.69 Å². The van der Waals surface area contributed by atoms with Gasteiger partial charge >= 0.3 is 6.09 Å². The molecule has 3 aliphatic heterocycles. The minimum absolute atomic E-state index is 0.212. The average molecular weight is 550 g/mol. The number of fused-ring (bicyclic) bond motifs is 2. The Morgan fingerprint density at radius 1 is 1.20 bits per heavy atom. The third-order valence-corrected chi connectivity index (χ3v) is 6.52. The van der Waals surface area contributed by atoms with E-state index in [9.17, 15) is 9.59 Å². The SMILES string of the molecule is C=C1CCN2C(=O)c3cc(OC)c(OC)cc3N(C(=O)OCC(Cl)(Cl)Cl)C(OC3CCCCO3)[C@H]12. The molecule has 3 aliphatic rings. The highest BCUT2D eigenvalue weighted by atomic mass is 35.6. The number of halogens is 3. The van der Waals surface area contributed by atoms with Gasteiger partial charge in [0.05, 0.1) is 31.5 Å². The van der Waals surface area contributed by atoms with Gasteiger partial charge in [0.25, 0.3) is 5.91 Å². The number of hydrogen-bond donors (Lipinski definition) is 0. The first kappa shape index (κ1) is 26.2. The van der Waals surface area contributed by atoms with E-state index >= 15 is 0 Å². The van der Waals surface area contributed by atoms with Crippen molar-refractivity contribution in [2.24, 2.45) is 0 Å². The minimum atomic E-state index is -1.83. The maximum absolute atomic E-state index is 13.7. The molecule has 2 amide bonds. The van der Waals surface area contributed by atoms with Crippen molar-refractivity contribution in [3.63, 3.8) is 0 Å². The molecule has 2 unspecified atom stereocenters. The predicted octanol–water partition coefficient (Wildman–Crippen LogP) is 4.67. The van der Waals surface area contributed by atoms with Crippen LogP contribution in [0.3, 0.4) is 0 Å². The molecule has 192 valence electrons. The van der Waals surface area contributed by atoms with Crippen molar-refractivity contribution < 1.29 is 33.3 Å². The zero-order valence-corrected chi connectivity index (χ0v) is 21.7. The number of ether oxygens (including phenoxy) is 5. The summed E-state index contributed by atoms with van der Waals surface area (Å²) >= 11 is 17.5. The van der Waals surface area contributed by atoms with Gasteiger partial charge in [-0.05, 0) is 37.3 Å². The number of benzene rings is 1. The van der Waals surface area contributed by atoms with Crippen LogP contribution in [-0.4, -0.2) is 73.2 Å². The molecule has 0 bridgehead atoms. The quantitative estimate of drug-likeness (QED) is 0.390. The van der Waals surface area contributed by atoms with Gasteiger partial charge in [0.15, 0.2) is 24.0 Å². The molecular formula is C23H27Cl3N2O7. The summed E-state index contributed by atoms with van der Waals surface area (Å²) in [5.41, 5.74) is 1.17. The van der Waals surface area contributed by atoms with Gasteiger partial charge in [-0.15, -0.1) is 0 Å². The number of rotatable bonds is 5.